The maximum atomic E-state index is 5.73. The molecule has 0 bridgehead atoms. The SMILES string of the molecule is CN=C(NCCCOCC1CCCO1)NCC1(c2ccccc2OC)CCCC1.I. The summed E-state index contributed by atoms with van der Waals surface area (Å²) in [5, 5.41) is 6.98. The lowest BCUT2D eigenvalue weighted by atomic mass is 9.78. The number of nitrogens with zero attached hydrogens (tertiary/aromatic N) is 1. The van der Waals surface area contributed by atoms with E-state index in [1.54, 1.807) is 7.11 Å². The van der Waals surface area contributed by atoms with Gasteiger partial charge in [-0.1, -0.05) is 31.0 Å². The molecule has 0 amide bonds. The zero-order valence-electron chi connectivity index (χ0n) is 18.5. The van der Waals surface area contributed by atoms with Crippen LogP contribution in [0.3, 0.4) is 0 Å². The van der Waals surface area contributed by atoms with Gasteiger partial charge in [0.15, 0.2) is 5.96 Å². The first-order valence-corrected chi connectivity index (χ1v) is 11.0. The standard InChI is InChI=1S/C23H37N3O3.HI/c1-24-22(25-14-8-15-28-17-19-9-7-16-29-19)26-18-23(12-5-6-13-23)20-10-3-4-11-21(20)27-2;/h3-4,10-11,19H,5-9,12-18H2,1-2H3,(H2,24,25,26);1H. The fraction of sp³-hybridized carbons (Fsp3) is 0.696. The van der Waals surface area contributed by atoms with Crippen molar-refractivity contribution in [2.45, 2.75) is 56.5 Å². The summed E-state index contributed by atoms with van der Waals surface area (Å²) in [6.07, 6.45) is 8.40. The number of methoxy groups -OCH3 is 1. The molecule has 1 saturated heterocycles. The van der Waals surface area contributed by atoms with Gasteiger partial charge in [-0.3, -0.25) is 4.99 Å². The molecule has 0 spiro atoms. The molecule has 1 atom stereocenters. The van der Waals surface area contributed by atoms with Crippen LogP contribution < -0.4 is 15.4 Å². The molecule has 7 heteroatoms. The van der Waals surface area contributed by atoms with Crippen molar-refractivity contribution in [2.75, 3.05) is 47.1 Å². The van der Waals surface area contributed by atoms with E-state index in [2.05, 4.69) is 33.8 Å². The van der Waals surface area contributed by atoms with E-state index in [0.29, 0.717) is 12.7 Å². The third-order valence-corrected chi connectivity index (χ3v) is 6.14. The molecule has 2 N–H and O–H groups in total. The third-order valence-electron chi connectivity index (χ3n) is 6.14. The van der Waals surface area contributed by atoms with Gasteiger partial charge in [-0.05, 0) is 38.2 Å². The van der Waals surface area contributed by atoms with E-state index >= 15 is 0 Å². The van der Waals surface area contributed by atoms with E-state index in [4.69, 9.17) is 14.2 Å². The Balaban J connectivity index is 0.00000320. The summed E-state index contributed by atoms with van der Waals surface area (Å²) in [6.45, 7) is 4.05. The van der Waals surface area contributed by atoms with Gasteiger partial charge < -0.3 is 24.8 Å². The van der Waals surface area contributed by atoms with Gasteiger partial charge in [0.05, 0.1) is 19.8 Å². The molecule has 1 saturated carbocycles. The summed E-state index contributed by atoms with van der Waals surface area (Å²) in [7, 11) is 3.59. The number of guanidine groups is 1. The topological polar surface area (TPSA) is 64.1 Å². The molecule has 6 nitrogen and oxygen atoms in total. The molecule has 1 aromatic rings. The Hall–Kier alpha value is -1.06. The quantitative estimate of drug-likeness (QED) is 0.208. The summed E-state index contributed by atoms with van der Waals surface area (Å²) in [5.41, 5.74) is 1.42. The summed E-state index contributed by atoms with van der Waals surface area (Å²) in [5.74, 6) is 1.84. The van der Waals surface area contributed by atoms with Crippen molar-refractivity contribution in [3.8, 4) is 5.75 Å². The number of hydrogen-bond donors (Lipinski definition) is 2. The van der Waals surface area contributed by atoms with Crippen LogP contribution in [0.15, 0.2) is 29.3 Å². The Labute approximate surface area is 198 Å². The number of ether oxygens (including phenoxy) is 3. The van der Waals surface area contributed by atoms with E-state index in [-0.39, 0.29) is 29.4 Å². The zero-order chi connectivity index (χ0) is 20.4. The minimum Gasteiger partial charge on any atom is -0.496 e. The summed E-state index contributed by atoms with van der Waals surface area (Å²) in [6, 6.07) is 8.44. The van der Waals surface area contributed by atoms with Crippen LogP contribution in [0, 0.1) is 0 Å². The lowest BCUT2D eigenvalue weighted by Gasteiger charge is -2.32. The van der Waals surface area contributed by atoms with Gasteiger partial charge in [0.1, 0.15) is 5.75 Å². The number of halogens is 1. The number of para-hydroxylation sites is 1. The van der Waals surface area contributed by atoms with Crippen molar-refractivity contribution in [1.82, 2.24) is 10.6 Å². The van der Waals surface area contributed by atoms with E-state index in [0.717, 1.165) is 57.3 Å². The highest BCUT2D eigenvalue weighted by Gasteiger charge is 2.37. The fourth-order valence-electron chi connectivity index (χ4n) is 4.52. The highest BCUT2D eigenvalue weighted by atomic mass is 127. The highest BCUT2D eigenvalue weighted by molar-refractivity contribution is 14.0. The van der Waals surface area contributed by atoms with Gasteiger partial charge in [-0.25, -0.2) is 0 Å². The van der Waals surface area contributed by atoms with E-state index in [1.165, 1.54) is 31.2 Å². The molecular formula is C23H38IN3O3. The van der Waals surface area contributed by atoms with Crippen molar-refractivity contribution in [2.24, 2.45) is 4.99 Å². The normalized spacial score (nSPS) is 20.6. The van der Waals surface area contributed by atoms with Crippen LogP contribution in [0.5, 0.6) is 5.75 Å². The van der Waals surface area contributed by atoms with Crippen LogP contribution in [-0.2, 0) is 14.9 Å². The van der Waals surface area contributed by atoms with Crippen molar-refractivity contribution >= 4 is 29.9 Å². The van der Waals surface area contributed by atoms with Gasteiger partial charge in [-0.2, -0.15) is 0 Å². The van der Waals surface area contributed by atoms with Crippen molar-refractivity contribution in [3.05, 3.63) is 29.8 Å². The molecule has 0 aromatic heterocycles. The molecule has 1 unspecified atom stereocenters. The van der Waals surface area contributed by atoms with Crippen LogP contribution >= 0.6 is 24.0 Å². The Kier molecular flexibility index (Phi) is 11.2. The Bertz CT molecular complexity index is 644. The summed E-state index contributed by atoms with van der Waals surface area (Å²) in [4.78, 5) is 4.40. The molecule has 0 radical (unpaired) electrons. The van der Waals surface area contributed by atoms with Gasteiger partial charge in [-0.15, -0.1) is 24.0 Å². The van der Waals surface area contributed by atoms with Gasteiger partial charge in [0, 0.05) is 44.3 Å². The largest absolute Gasteiger partial charge is 0.496 e. The predicted molar refractivity (Wildman–Crippen MR) is 132 cm³/mol. The molecule has 3 rings (SSSR count). The molecular weight excluding hydrogens is 493 g/mol. The minimum absolute atomic E-state index is 0. The average molecular weight is 531 g/mol. The molecule has 1 aliphatic heterocycles. The second kappa shape index (κ2) is 13.4. The number of nitrogens with one attached hydrogen (secondary N) is 2. The number of aliphatic imine (C=N–C) groups is 1. The van der Waals surface area contributed by atoms with Crippen molar-refractivity contribution in [3.63, 3.8) is 0 Å². The van der Waals surface area contributed by atoms with Crippen LogP contribution in [0.4, 0.5) is 0 Å². The van der Waals surface area contributed by atoms with Gasteiger partial charge in [0.25, 0.3) is 0 Å². The Morgan fingerprint density at radius 2 is 2.00 bits per heavy atom. The predicted octanol–water partition coefficient (Wildman–Crippen LogP) is 3.88. The van der Waals surface area contributed by atoms with Crippen LogP contribution in [0.2, 0.25) is 0 Å². The van der Waals surface area contributed by atoms with Crippen molar-refractivity contribution < 1.29 is 14.2 Å². The molecule has 2 aliphatic rings. The number of hydrogen-bond acceptors (Lipinski definition) is 4. The second-order valence-electron chi connectivity index (χ2n) is 8.10. The van der Waals surface area contributed by atoms with Gasteiger partial charge >= 0.3 is 0 Å². The fourth-order valence-corrected chi connectivity index (χ4v) is 4.52. The smallest absolute Gasteiger partial charge is 0.191 e. The first-order chi connectivity index (χ1) is 14.3. The molecule has 1 aliphatic carbocycles. The van der Waals surface area contributed by atoms with E-state index < -0.39 is 0 Å². The van der Waals surface area contributed by atoms with Crippen LogP contribution in [0.1, 0.15) is 50.5 Å². The average Bonchev–Trinajstić information content (AvgIpc) is 3.45. The summed E-state index contributed by atoms with van der Waals surface area (Å²) >= 11 is 0. The first kappa shape index (κ1) is 25.2. The summed E-state index contributed by atoms with van der Waals surface area (Å²) < 4.78 is 17.0. The monoisotopic (exact) mass is 531 g/mol. The first-order valence-electron chi connectivity index (χ1n) is 11.0. The van der Waals surface area contributed by atoms with E-state index in [1.807, 2.05) is 13.1 Å². The lowest BCUT2D eigenvalue weighted by molar-refractivity contribution is 0.0168. The molecule has 1 aromatic carbocycles. The number of rotatable bonds is 10. The van der Waals surface area contributed by atoms with Crippen LogP contribution in [0.25, 0.3) is 0 Å². The molecule has 170 valence electrons. The zero-order valence-corrected chi connectivity index (χ0v) is 20.8. The molecule has 1 heterocycles. The highest BCUT2D eigenvalue weighted by Crippen LogP contribution is 2.44. The van der Waals surface area contributed by atoms with E-state index in [9.17, 15) is 0 Å². The second-order valence-corrected chi connectivity index (χ2v) is 8.10. The van der Waals surface area contributed by atoms with Gasteiger partial charge in [0.2, 0.25) is 0 Å². The minimum atomic E-state index is 0. The third kappa shape index (κ3) is 6.99. The Morgan fingerprint density at radius 3 is 2.70 bits per heavy atom. The maximum Gasteiger partial charge on any atom is 0.191 e. The lowest BCUT2D eigenvalue weighted by Crippen LogP contribution is -2.45. The Morgan fingerprint density at radius 1 is 1.20 bits per heavy atom. The maximum absolute atomic E-state index is 5.73. The number of benzene rings is 1. The van der Waals surface area contributed by atoms with Crippen molar-refractivity contribution in [1.29, 1.82) is 0 Å². The molecule has 30 heavy (non-hydrogen) atoms. The van der Waals surface area contributed by atoms with Crippen LogP contribution in [-0.4, -0.2) is 59.1 Å². The molecule has 2 fully saturated rings.